The lowest BCUT2D eigenvalue weighted by Crippen LogP contribution is -1.97. The summed E-state index contributed by atoms with van der Waals surface area (Å²) in [5.41, 5.74) is 6.19. The molecule has 3 heteroatoms. The molecule has 0 amide bonds. The highest BCUT2D eigenvalue weighted by Crippen LogP contribution is 2.26. The first-order valence-electron chi connectivity index (χ1n) is 15.4. The Bertz CT molecular complexity index is 1220. The topological polar surface area (TPSA) is 35.0 Å². The van der Waals surface area contributed by atoms with E-state index in [1.165, 1.54) is 94.6 Å². The fourth-order valence-corrected chi connectivity index (χ4v) is 5.16. The molecule has 1 heterocycles. The fourth-order valence-electron chi connectivity index (χ4n) is 5.16. The summed E-state index contributed by atoms with van der Waals surface area (Å²) in [7, 11) is 0. The highest BCUT2D eigenvalue weighted by atomic mass is 16.5. The van der Waals surface area contributed by atoms with Gasteiger partial charge in [0, 0.05) is 5.56 Å². The molecule has 39 heavy (non-hydrogen) atoms. The van der Waals surface area contributed by atoms with Crippen molar-refractivity contribution in [2.45, 2.75) is 96.8 Å². The minimum Gasteiger partial charge on any atom is -0.494 e. The molecule has 0 bridgehead atoms. The highest BCUT2D eigenvalue weighted by molar-refractivity contribution is 5.77. The first kappa shape index (κ1) is 28.8. The molecular formula is C36H46N2O. The van der Waals surface area contributed by atoms with Gasteiger partial charge in [-0.2, -0.15) is 0 Å². The van der Waals surface area contributed by atoms with Crippen LogP contribution < -0.4 is 4.74 Å². The molecule has 1 aromatic heterocycles. The first-order valence-corrected chi connectivity index (χ1v) is 15.4. The maximum absolute atomic E-state index is 6.00. The number of benzene rings is 3. The number of fused-ring (bicyclic) bond motifs is 1. The van der Waals surface area contributed by atoms with Crippen LogP contribution in [-0.2, 0) is 0 Å². The summed E-state index contributed by atoms with van der Waals surface area (Å²) in [6, 6.07) is 25.0. The van der Waals surface area contributed by atoms with Gasteiger partial charge in [-0.1, -0.05) is 139 Å². The summed E-state index contributed by atoms with van der Waals surface area (Å²) in [6.07, 6.45) is 21.2. The van der Waals surface area contributed by atoms with E-state index in [-0.39, 0.29) is 0 Å². The molecule has 0 N–H and O–H groups in total. The van der Waals surface area contributed by atoms with Crippen molar-refractivity contribution in [3.05, 3.63) is 79.0 Å². The molecule has 0 radical (unpaired) electrons. The Kier molecular flexibility index (Phi) is 12.3. The molecule has 3 nitrogen and oxygen atoms in total. The predicted molar refractivity (Wildman–Crippen MR) is 166 cm³/mol. The fraction of sp³-hybridized carbons (Fsp3) is 0.444. The Balaban J connectivity index is 1.08. The van der Waals surface area contributed by atoms with Crippen molar-refractivity contribution in [1.29, 1.82) is 0 Å². The van der Waals surface area contributed by atoms with Crippen molar-refractivity contribution in [3.63, 3.8) is 0 Å². The summed E-state index contributed by atoms with van der Waals surface area (Å²) in [4.78, 5) is 9.30. The summed E-state index contributed by atoms with van der Waals surface area (Å²) >= 11 is 0. The zero-order valence-electron chi connectivity index (χ0n) is 23.9. The molecule has 0 saturated heterocycles. The first-order chi connectivity index (χ1) is 19.3. The van der Waals surface area contributed by atoms with Gasteiger partial charge in [0.05, 0.1) is 29.5 Å². The molecule has 0 unspecified atom stereocenters. The van der Waals surface area contributed by atoms with Gasteiger partial charge in [0.2, 0.25) is 0 Å². The van der Waals surface area contributed by atoms with Gasteiger partial charge in [-0.3, -0.25) is 4.98 Å². The standard InChI is InChI=1S/C36H46N2O/c1-2-3-4-5-6-7-8-9-10-11-12-13-14-17-28-39-33-26-24-31(25-27-33)30-20-22-32(23-21-30)36-29-37-34-18-15-16-19-35(34)38-36/h15-16,18-27,29H,2-14,17,28H2,1H3. The second-order valence-corrected chi connectivity index (χ2v) is 10.8. The van der Waals surface area contributed by atoms with Gasteiger partial charge in [-0.15, -0.1) is 0 Å². The molecule has 0 aliphatic rings. The van der Waals surface area contributed by atoms with Crippen LogP contribution in [0.5, 0.6) is 5.75 Å². The molecule has 0 atom stereocenters. The van der Waals surface area contributed by atoms with Crippen LogP contribution in [-0.4, -0.2) is 16.6 Å². The van der Waals surface area contributed by atoms with Gasteiger partial charge in [0.15, 0.2) is 0 Å². The normalized spacial score (nSPS) is 11.2. The molecule has 3 aromatic carbocycles. The molecular weight excluding hydrogens is 476 g/mol. The van der Waals surface area contributed by atoms with Crippen LogP contribution in [0.25, 0.3) is 33.4 Å². The third-order valence-electron chi connectivity index (χ3n) is 7.58. The van der Waals surface area contributed by atoms with Crippen LogP contribution in [0.4, 0.5) is 0 Å². The van der Waals surface area contributed by atoms with E-state index in [0.717, 1.165) is 41.1 Å². The minimum absolute atomic E-state index is 0.804. The second kappa shape index (κ2) is 16.7. The van der Waals surface area contributed by atoms with Gasteiger partial charge in [0.1, 0.15) is 5.75 Å². The number of unbranched alkanes of at least 4 members (excludes halogenated alkanes) is 13. The summed E-state index contributed by atoms with van der Waals surface area (Å²) in [5.74, 6) is 0.955. The van der Waals surface area contributed by atoms with E-state index in [9.17, 15) is 0 Å². The largest absolute Gasteiger partial charge is 0.494 e. The van der Waals surface area contributed by atoms with Gasteiger partial charge in [-0.25, -0.2) is 4.98 Å². The number of nitrogens with zero attached hydrogens (tertiary/aromatic N) is 2. The van der Waals surface area contributed by atoms with Crippen LogP contribution in [0.1, 0.15) is 96.8 Å². The van der Waals surface area contributed by atoms with Crippen molar-refractivity contribution < 1.29 is 4.74 Å². The van der Waals surface area contributed by atoms with Crippen LogP contribution in [0.3, 0.4) is 0 Å². The molecule has 0 saturated carbocycles. The molecule has 0 spiro atoms. The van der Waals surface area contributed by atoms with E-state index in [2.05, 4.69) is 60.4 Å². The van der Waals surface area contributed by atoms with Crippen molar-refractivity contribution in [2.24, 2.45) is 0 Å². The quantitative estimate of drug-likeness (QED) is 0.122. The number of hydrogen-bond donors (Lipinski definition) is 0. The number of aromatic nitrogens is 2. The number of rotatable bonds is 18. The zero-order chi connectivity index (χ0) is 27.0. The summed E-state index contributed by atoms with van der Waals surface area (Å²) in [6.45, 7) is 3.09. The molecule has 0 fully saturated rings. The summed E-state index contributed by atoms with van der Waals surface area (Å²) in [5, 5.41) is 0. The zero-order valence-corrected chi connectivity index (χ0v) is 23.9. The molecule has 4 aromatic rings. The van der Waals surface area contributed by atoms with Crippen LogP contribution in [0.15, 0.2) is 79.0 Å². The Hall–Kier alpha value is -3.20. The van der Waals surface area contributed by atoms with E-state index >= 15 is 0 Å². The Labute approximate surface area is 236 Å². The Morgan fingerprint density at radius 2 is 1.00 bits per heavy atom. The third kappa shape index (κ3) is 9.80. The SMILES string of the molecule is CCCCCCCCCCCCCCCCOc1ccc(-c2ccc(-c3cnc4ccccc4n3)cc2)cc1. The number of para-hydroxylation sites is 2. The van der Waals surface area contributed by atoms with Gasteiger partial charge in [-0.05, 0) is 41.8 Å². The molecule has 4 rings (SSSR count). The highest BCUT2D eigenvalue weighted by Gasteiger charge is 2.05. The monoisotopic (exact) mass is 522 g/mol. The summed E-state index contributed by atoms with van der Waals surface area (Å²) < 4.78 is 6.00. The number of ether oxygens (including phenoxy) is 1. The molecule has 0 aliphatic carbocycles. The van der Waals surface area contributed by atoms with E-state index in [1.807, 2.05) is 30.5 Å². The average molecular weight is 523 g/mol. The Morgan fingerprint density at radius 1 is 0.513 bits per heavy atom. The predicted octanol–water partition coefficient (Wildman–Crippen LogP) is 10.8. The maximum Gasteiger partial charge on any atom is 0.119 e. The maximum atomic E-state index is 6.00. The van der Waals surface area contributed by atoms with Gasteiger partial charge >= 0.3 is 0 Å². The van der Waals surface area contributed by atoms with Crippen LogP contribution >= 0.6 is 0 Å². The lowest BCUT2D eigenvalue weighted by Gasteiger charge is -2.08. The van der Waals surface area contributed by atoms with Crippen molar-refractivity contribution in [2.75, 3.05) is 6.61 Å². The van der Waals surface area contributed by atoms with Crippen molar-refractivity contribution >= 4 is 11.0 Å². The van der Waals surface area contributed by atoms with E-state index in [0.29, 0.717) is 0 Å². The molecule has 206 valence electrons. The van der Waals surface area contributed by atoms with E-state index < -0.39 is 0 Å². The van der Waals surface area contributed by atoms with Crippen LogP contribution in [0, 0.1) is 0 Å². The average Bonchev–Trinajstić information content (AvgIpc) is 2.99. The second-order valence-electron chi connectivity index (χ2n) is 10.8. The molecule has 0 aliphatic heterocycles. The third-order valence-corrected chi connectivity index (χ3v) is 7.58. The van der Waals surface area contributed by atoms with E-state index in [1.54, 1.807) is 0 Å². The Morgan fingerprint density at radius 3 is 1.59 bits per heavy atom. The van der Waals surface area contributed by atoms with Crippen LogP contribution in [0.2, 0.25) is 0 Å². The van der Waals surface area contributed by atoms with Gasteiger partial charge in [0.25, 0.3) is 0 Å². The minimum atomic E-state index is 0.804. The lowest BCUT2D eigenvalue weighted by atomic mass is 10.0. The lowest BCUT2D eigenvalue weighted by molar-refractivity contribution is 0.304. The van der Waals surface area contributed by atoms with Crippen molar-refractivity contribution in [3.8, 4) is 28.1 Å². The van der Waals surface area contributed by atoms with Crippen molar-refractivity contribution in [1.82, 2.24) is 9.97 Å². The smallest absolute Gasteiger partial charge is 0.119 e. The van der Waals surface area contributed by atoms with Gasteiger partial charge < -0.3 is 4.74 Å². The number of hydrogen-bond acceptors (Lipinski definition) is 3. The van der Waals surface area contributed by atoms with E-state index in [4.69, 9.17) is 9.72 Å².